The number of hydrogen-bond acceptors (Lipinski definition) is 3. The zero-order valence-corrected chi connectivity index (χ0v) is 10.7. The summed E-state index contributed by atoms with van der Waals surface area (Å²) in [5, 5.41) is 3.45. The summed E-state index contributed by atoms with van der Waals surface area (Å²) in [4.78, 5) is 0. The van der Waals surface area contributed by atoms with E-state index in [4.69, 9.17) is 4.42 Å². The molecule has 0 aliphatic heterocycles. The molecule has 1 rings (SSSR count). The average Bonchev–Trinajstić information content (AvgIpc) is 2.64. The Morgan fingerprint density at radius 3 is 2.80 bits per heavy atom. The van der Waals surface area contributed by atoms with E-state index in [1.807, 2.05) is 0 Å². The lowest BCUT2D eigenvalue weighted by Crippen LogP contribution is -2.24. The molecule has 15 heavy (non-hydrogen) atoms. The molecule has 0 aromatic carbocycles. The average molecular weight is 227 g/mol. The Kier molecular flexibility index (Phi) is 5.88. The van der Waals surface area contributed by atoms with Gasteiger partial charge < -0.3 is 9.73 Å². The van der Waals surface area contributed by atoms with E-state index in [1.165, 1.54) is 12.8 Å². The van der Waals surface area contributed by atoms with Crippen LogP contribution in [0.25, 0.3) is 0 Å². The fraction of sp³-hybridized carbons (Fsp3) is 0.667. The van der Waals surface area contributed by atoms with Crippen LogP contribution in [-0.4, -0.2) is 12.3 Å². The zero-order chi connectivity index (χ0) is 11.1. The fourth-order valence-corrected chi connectivity index (χ4v) is 1.99. The molecule has 0 radical (unpaired) electrons. The maximum Gasteiger partial charge on any atom is 0.118 e. The largest absolute Gasteiger partial charge is 0.464 e. The summed E-state index contributed by atoms with van der Waals surface area (Å²) in [5.41, 5.74) is 0. The molecule has 0 saturated carbocycles. The van der Waals surface area contributed by atoms with Crippen LogP contribution in [0.4, 0.5) is 0 Å². The molecule has 0 spiro atoms. The predicted molar refractivity (Wildman–Crippen MR) is 67.1 cm³/mol. The number of furan rings is 1. The second-order valence-corrected chi connectivity index (χ2v) is 4.74. The highest BCUT2D eigenvalue weighted by Gasteiger charge is 2.03. The van der Waals surface area contributed by atoms with Crippen molar-refractivity contribution in [1.82, 2.24) is 5.32 Å². The molecule has 1 aromatic heterocycles. The molecule has 1 unspecified atom stereocenters. The minimum atomic E-state index is 0.573. The number of rotatable bonds is 7. The normalized spacial score (nSPS) is 13.0. The Labute approximate surface area is 96.8 Å². The lowest BCUT2D eigenvalue weighted by atomic mass is 10.2. The SMILES string of the molecule is CCCC(C)NCc1ccc(CSC)o1. The summed E-state index contributed by atoms with van der Waals surface area (Å²) >= 11 is 1.79. The van der Waals surface area contributed by atoms with Crippen LogP contribution in [-0.2, 0) is 12.3 Å². The van der Waals surface area contributed by atoms with Gasteiger partial charge in [0.25, 0.3) is 0 Å². The molecule has 0 bridgehead atoms. The maximum atomic E-state index is 5.67. The summed E-state index contributed by atoms with van der Waals surface area (Å²) in [6.45, 7) is 5.27. The van der Waals surface area contributed by atoms with Crippen LogP contribution in [0.2, 0.25) is 0 Å². The Morgan fingerprint density at radius 2 is 2.13 bits per heavy atom. The van der Waals surface area contributed by atoms with E-state index in [2.05, 4.69) is 37.6 Å². The van der Waals surface area contributed by atoms with Crippen LogP contribution in [0, 0.1) is 0 Å². The van der Waals surface area contributed by atoms with Crippen molar-refractivity contribution in [1.29, 1.82) is 0 Å². The van der Waals surface area contributed by atoms with Gasteiger partial charge in [-0.1, -0.05) is 13.3 Å². The third-order valence-corrected chi connectivity index (χ3v) is 2.92. The van der Waals surface area contributed by atoms with Crippen molar-refractivity contribution in [3.05, 3.63) is 23.7 Å². The second-order valence-electron chi connectivity index (χ2n) is 3.87. The summed E-state index contributed by atoms with van der Waals surface area (Å²) in [6, 6.07) is 4.71. The maximum absolute atomic E-state index is 5.67. The van der Waals surface area contributed by atoms with Gasteiger partial charge in [-0.05, 0) is 31.7 Å². The third-order valence-electron chi connectivity index (χ3n) is 2.35. The lowest BCUT2D eigenvalue weighted by molar-refractivity contribution is 0.428. The molecule has 0 amide bonds. The Balaban J connectivity index is 2.30. The molecular weight excluding hydrogens is 206 g/mol. The van der Waals surface area contributed by atoms with E-state index < -0.39 is 0 Å². The van der Waals surface area contributed by atoms with Gasteiger partial charge in [-0.25, -0.2) is 0 Å². The van der Waals surface area contributed by atoms with Crippen molar-refractivity contribution in [3.8, 4) is 0 Å². The summed E-state index contributed by atoms with van der Waals surface area (Å²) in [6.07, 6.45) is 4.53. The summed E-state index contributed by atoms with van der Waals surface area (Å²) in [5.74, 6) is 3.08. The number of hydrogen-bond donors (Lipinski definition) is 1. The molecule has 0 aliphatic carbocycles. The van der Waals surface area contributed by atoms with Gasteiger partial charge in [0.15, 0.2) is 0 Å². The summed E-state index contributed by atoms with van der Waals surface area (Å²) < 4.78 is 5.67. The van der Waals surface area contributed by atoms with Gasteiger partial charge in [-0.3, -0.25) is 0 Å². The number of thioether (sulfide) groups is 1. The van der Waals surface area contributed by atoms with Gasteiger partial charge in [0.1, 0.15) is 11.5 Å². The van der Waals surface area contributed by atoms with E-state index in [-0.39, 0.29) is 0 Å². The second kappa shape index (κ2) is 6.96. The molecule has 0 saturated heterocycles. The highest BCUT2D eigenvalue weighted by molar-refractivity contribution is 7.97. The molecule has 0 fully saturated rings. The van der Waals surface area contributed by atoms with Gasteiger partial charge in [0.05, 0.1) is 12.3 Å². The molecule has 1 heterocycles. The molecule has 1 aromatic rings. The van der Waals surface area contributed by atoms with Gasteiger partial charge in [-0.2, -0.15) is 11.8 Å². The molecule has 1 atom stereocenters. The lowest BCUT2D eigenvalue weighted by Gasteiger charge is -2.10. The number of nitrogens with one attached hydrogen (secondary N) is 1. The van der Waals surface area contributed by atoms with Crippen molar-refractivity contribution in [2.24, 2.45) is 0 Å². The third kappa shape index (κ3) is 4.76. The topological polar surface area (TPSA) is 25.2 Å². The monoisotopic (exact) mass is 227 g/mol. The van der Waals surface area contributed by atoms with Crippen LogP contribution in [0.5, 0.6) is 0 Å². The van der Waals surface area contributed by atoms with Crippen LogP contribution in [0.3, 0.4) is 0 Å². The highest BCUT2D eigenvalue weighted by atomic mass is 32.2. The Morgan fingerprint density at radius 1 is 1.40 bits per heavy atom. The van der Waals surface area contributed by atoms with Crippen molar-refractivity contribution in [2.45, 2.75) is 45.0 Å². The van der Waals surface area contributed by atoms with Gasteiger partial charge in [-0.15, -0.1) is 0 Å². The van der Waals surface area contributed by atoms with Crippen LogP contribution >= 0.6 is 11.8 Å². The standard InChI is InChI=1S/C12H21NOS/c1-4-5-10(2)13-8-11-6-7-12(14-11)9-15-3/h6-7,10,13H,4-5,8-9H2,1-3H3. The molecule has 0 aliphatic rings. The van der Waals surface area contributed by atoms with Crippen molar-refractivity contribution in [3.63, 3.8) is 0 Å². The minimum absolute atomic E-state index is 0.573. The first kappa shape index (κ1) is 12.7. The van der Waals surface area contributed by atoms with Crippen LogP contribution in [0.15, 0.2) is 16.5 Å². The Hall–Kier alpha value is -0.410. The van der Waals surface area contributed by atoms with Gasteiger partial charge >= 0.3 is 0 Å². The molecule has 86 valence electrons. The van der Waals surface area contributed by atoms with Crippen molar-refractivity contribution < 1.29 is 4.42 Å². The first-order valence-electron chi connectivity index (χ1n) is 5.56. The zero-order valence-electron chi connectivity index (χ0n) is 9.88. The van der Waals surface area contributed by atoms with E-state index in [1.54, 1.807) is 11.8 Å². The first-order chi connectivity index (χ1) is 7.26. The van der Waals surface area contributed by atoms with E-state index in [9.17, 15) is 0 Å². The fourth-order valence-electron chi connectivity index (χ4n) is 1.55. The van der Waals surface area contributed by atoms with E-state index in [0.717, 1.165) is 23.8 Å². The highest BCUT2D eigenvalue weighted by Crippen LogP contribution is 2.13. The van der Waals surface area contributed by atoms with E-state index >= 15 is 0 Å². The summed E-state index contributed by atoms with van der Waals surface area (Å²) in [7, 11) is 0. The molecular formula is C12H21NOS. The van der Waals surface area contributed by atoms with Gasteiger partial charge in [0.2, 0.25) is 0 Å². The smallest absolute Gasteiger partial charge is 0.118 e. The van der Waals surface area contributed by atoms with Crippen molar-refractivity contribution >= 4 is 11.8 Å². The van der Waals surface area contributed by atoms with Crippen molar-refractivity contribution in [2.75, 3.05) is 6.26 Å². The van der Waals surface area contributed by atoms with Gasteiger partial charge in [0, 0.05) is 6.04 Å². The molecule has 2 nitrogen and oxygen atoms in total. The predicted octanol–water partition coefficient (Wildman–Crippen LogP) is 3.42. The first-order valence-corrected chi connectivity index (χ1v) is 6.95. The van der Waals surface area contributed by atoms with Crippen LogP contribution in [0.1, 0.15) is 38.2 Å². The van der Waals surface area contributed by atoms with Crippen LogP contribution < -0.4 is 5.32 Å². The molecule has 3 heteroatoms. The quantitative estimate of drug-likeness (QED) is 0.772. The minimum Gasteiger partial charge on any atom is -0.464 e. The van der Waals surface area contributed by atoms with E-state index in [0.29, 0.717) is 6.04 Å². The Bertz CT molecular complexity index is 272. The molecule has 1 N–H and O–H groups in total.